The van der Waals surface area contributed by atoms with E-state index in [1.807, 2.05) is 0 Å². The maximum atomic E-state index is 11.9. The molecule has 0 fully saturated rings. The Morgan fingerprint density at radius 1 is 1.06 bits per heavy atom. The first-order chi connectivity index (χ1) is 8.27. The van der Waals surface area contributed by atoms with Crippen LogP contribution in [0.1, 0.15) is 30.4 Å². The number of phenols is 1. The van der Waals surface area contributed by atoms with E-state index < -0.39 is 0 Å². The highest BCUT2D eigenvalue weighted by molar-refractivity contribution is 5.87. The summed E-state index contributed by atoms with van der Waals surface area (Å²) >= 11 is 0. The summed E-state index contributed by atoms with van der Waals surface area (Å²) in [5.74, 6) is 0.212. The van der Waals surface area contributed by atoms with Crippen LogP contribution in [0.2, 0.25) is 0 Å². The lowest BCUT2D eigenvalue weighted by Gasteiger charge is -2.09. The van der Waals surface area contributed by atoms with Crippen molar-refractivity contribution in [2.75, 3.05) is 0 Å². The summed E-state index contributed by atoms with van der Waals surface area (Å²) in [6.07, 6.45) is 4.84. The molecule has 0 radical (unpaired) electrons. The monoisotopic (exact) mass is 230 g/mol. The van der Waals surface area contributed by atoms with Crippen LogP contribution < -0.4 is 5.63 Å². The molecule has 0 amide bonds. The third-order valence-electron chi connectivity index (χ3n) is 3.47. The van der Waals surface area contributed by atoms with Gasteiger partial charge in [-0.25, -0.2) is 4.79 Å². The van der Waals surface area contributed by atoms with Crippen molar-refractivity contribution >= 4 is 11.0 Å². The summed E-state index contributed by atoms with van der Waals surface area (Å²) in [4.78, 5) is 11.9. The van der Waals surface area contributed by atoms with Gasteiger partial charge in [-0.2, -0.15) is 0 Å². The number of hydrogen-bond acceptors (Lipinski definition) is 3. The molecule has 0 bridgehead atoms. The van der Waals surface area contributed by atoms with E-state index in [4.69, 9.17) is 4.42 Å². The number of fused-ring (bicyclic) bond motifs is 3. The number of rotatable bonds is 0. The van der Waals surface area contributed by atoms with Gasteiger partial charge in [0.05, 0.1) is 5.39 Å². The van der Waals surface area contributed by atoms with Crippen LogP contribution in [0, 0.1) is 0 Å². The van der Waals surface area contributed by atoms with Gasteiger partial charge in [0.15, 0.2) is 0 Å². The second-order valence-corrected chi connectivity index (χ2v) is 4.56. The Hall–Kier alpha value is -1.77. The van der Waals surface area contributed by atoms with Crippen molar-refractivity contribution in [1.29, 1.82) is 0 Å². The van der Waals surface area contributed by atoms with Gasteiger partial charge < -0.3 is 9.52 Å². The summed E-state index contributed by atoms with van der Waals surface area (Å²) < 4.78 is 5.28. The number of phenolic OH excluding ortho intramolecular Hbond substituents is 1. The van der Waals surface area contributed by atoms with Gasteiger partial charge in [-0.05, 0) is 43.4 Å². The molecule has 1 aliphatic rings. The second-order valence-electron chi connectivity index (χ2n) is 4.56. The van der Waals surface area contributed by atoms with Crippen molar-refractivity contribution in [3.63, 3.8) is 0 Å². The van der Waals surface area contributed by atoms with Gasteiger partial charge in [0.25, 0.3) is 0 Å². The molecule has 0 spiro atoms. The topological polar surface area (TPSA) is 50.4 Å². The highest BCUT2D eigenvalue weighted by Crippen LogP contribution is 2.31. The lowest BCUT2D eigenvalue weighted by atomic mass is 10.00. The molecule has 3 heteroatoms. The molecule has 0 saturated carbocycles. The smallest absolute Gasteiger partial charge is 0.339 e. The molecule has 1 aromatic carbocycles. The molecule has 1 aliphatic carbocycles. The molecule has 1 aromatic heterocycles. The Morgan fingerprint density at radius 3 is 2.65 bits per heavy atom. The number of aryl methyl sites for hydroxylation is 1. The first kappa shape index (κ1) is 10.4. The lowest BCUT2D eigenvalue weighted by molar-refractivity contribution is 0.477. The Labute approximate surface area is 98.7 Å². The molecule has 1 heterocycles. The van der Waals surface area contributed by atoms with Gasteiger partial charge in [0.2, 0.25) is 0 Å². The van der Waals surface area contributed by atoms with Crippen molar-refractivity contribution in [3.8, 4) is 5.75 Å². The normalized spacial score (nSPS) is 15.5. The highest BCUT2D eigenvalue weighted by atomic mass is 16.4. The van der Waals surface area contributed by atoms with Crippen LogP contribution in [0.3, 0.4) is 0 Å². The lowest BCUT2D eigenvalue weighted by Crippen LogP contribution is -2.10. The summed E-state index contributed by atoms with van der Waals surface area (Å²) in [5, 5.41) is 10.7. The van der Waals surface area contributed by atoms with Gasteiger partial charge in [-0.1, -0.05) is 12.5 Å². The fourth-order valence-corrected chi connectivity index (χ4v) is 2.65. The van der Waals surface area contributed by atoms with Gasteiger partial charge in [0, 0.05) is 5.56 Å². The Kier molecular flexibility index (Phi) is 2.39. The largest absolute Gasteiger partial charge is 0.507 e. The van der Waals surface area contributed by atoms with Crippen molar-refractivity contribution in [3.05, 3.63) is 39.7 Å². The molecular formula is C14H14O3. The van der Waals surface area contributed by atoms with Gasteiger partial charge in [-0.3, -0.25) is 0 Å². The fraction of sp³-hybridized carbons (Fsp3) is 0.357. The van der Waals surface area contributed by atoms with Crippen molar-refractivity contribution < 1.29 is 9.52 Å². The predicted octanol–water partition coefficient (Wildman–Crippen LogP) is 2.77. The minimum atomic E-state index is -0.236. The molecule has 0 aliphatic heterocycles. The van der Waals surface area contributed by atoms with E-state index in [2.05, 4.69) is 0 Å². The Balaban J connectivity index is 2.42. The zero-order valence-corrected chi connectivity index (χ0v) is 9.53. The summed E-state index contributed by atoms with van der Waals surface area (Å²) in [7, 11) is 0. The molecule has 3 rings (SSSR count). The second kappa shape index (κ2) is 3.91. The molecule has 0 unspecified atom stereocenters. The average molecular weight is 230 g/mol. The number of aromatic hydroxyl groups is 1. The highest BCUT2D eigenvalue weighted by Gasteiger charge is 2.18. The van der Waals surface area contributed by atoms with Crippen molar-refractivity contribution in [2.24, 2.45) is 0 Å². The van der Waals surface area contributed by atoms with E-state index >= 15 is 0 Å². The zero-order valence-electron chi connectivity index (χ0n) is 9.53. The third-order valence-corrected chi connectivity index (χ3v) is 3.47. The van der Waals surface area contributed by atoms with Crippen molar-refractivity contribution in [2.45, 2.75) is 32.1 Å². The van der Waals surface area contributed by atoms with E-state index in [1.165, 1.54) is 0 Å². The van der Waals surface area contributed by atoms with Crippen LogP contribution in [0.15, 0.2) is 27.4 Å². The van der Waals surface area contributed by atoms with Gasteiger partial charge in [-0.15, -0.1) is 0 Å². The standard InChI is InChI=1S/C14H14O3/c15-11-7-4-8-12-13(11)9-5-2-1-3-6-10(9)14(16)17-12/h4,7-8,15H,1-3,5-6H2. The first-order valence-electron chi connectivity index (χ1n) is 6.04. The van der Waals surface area contributed by atoms with Gasteiger partial charge >= 0.3 is 5.63 Å². The van der Waals surface area contributed by atoms with Crippen molar-refractivity contribution in [1.82, 2.24) is 0 Å². The summed E-state index contributed by atoms with van der Waals surface area (Å²) in [5.41, 5.74) is 2.01. The van der Waals surface area contributed by atoms with E-state index in [0.717, 1.165) is 48.6 Å². The van der Waals surface area contributed by atoms with Crippen LogP contribution in [0.5, 0.6) is 5.75 Å². The molecule has 88 valence electrons. The molecule has 2 aromatic rings. The SMILES string of the molecule is O=c1oc2cccc(O)c2c2c1CCCCC2. The molecule has 0 saturated heterocycles. The molecule has 1 N–H and O–H groups in total. The van der Waals surface area contributed by atoms with Crippen LogP contribution in [-0.2, 0) is 12.8 Å². The first-order valence-corrected chi connectivity index (χ1v) is 6.04. The molecular weight excluding hydrogens is 216 g/mol. The minimum absolute atomic E-state index is 0.212. The van der Waals surface area contributed by atoms with Gasteiger partial charge in [0.1, 0.15) is 11.3 Å². The van der Waals surface area contributed by atoms with E-state index in [1.54, 1.807) is 18.2 Å². The van der Waals surface area contributed by atoms with Crippen LogP contribution in [-0.4, -0.2) is 5.11 Å². The minimum Gasteiger partial charge on any atom is -0.507 e. The quantitative estimate of drug-likeness (QED) is 0.559. The van der Waals surface area contributed by atoms with Crippen LogP contribution in [0.25, 0.3) is 11.0 Å². The maximum Gasteiger partial charge on any atom is 0.339 e. The Morgan fingerprint density at radius 2 is 1.82 bits per heavy atom. The van der Waals surface area contributed by atoms with E-state index in [9.17, 15) is 9.90 Å². The zero-order chi connectivity index (χ0) is 11.8. The third kappa shape index (κ3) is 1.62. The maximum absolute atomic E-state index is 11.9. The van der Waals surface area contributed by atoms with E-state index in [-0.39, 0.29) is 11.4 Å². The summed E-state index contributed by atoms with van der Waals surface area (Å²) in [6.45, 7) is 0. The van der Waals surface area contributed by atoms with Crippen LogP contribution in [0.4, 0.5) is 0 Å². The predicted molar refractivity (Wildman–Crippen MR) is 65.4 cm³/mol. The van der Waals surface area contributed by atoms with E-state index in [0.29, 0.717) is 5.58 Å². The molecule has 17 heavy (non-hydrogen) atoms. The van der Waals surface area contributed by atoms with Crippen LogP contribution >= 0.6 is 0 Å². The number of hydrogen-bond donors (Lipinski definition) is 1. The average Bonchev–Trinajstić information content (AvgIpc) is 2.55. The fourth-order valence-electron chi connectivity index (χ4n) is 2.65. The Bertz CT molecular complexity index is 625. The molecule has 3 nitrogen and oxygen atoms in total. The molecule has 0 atom stereocenters. The number of benzene rings is 1. The summed E-state index contributed by atoms with van der Waals surface area (Å²) in [6, 6.07) is 5.08.